The lowest BCUT2D eigenvalue weighted by atomic mass is 9.98. The number of carbonyl (C=O) groups excluding carboxylic acids is 1. The summed E-state index contributed by atoms with van der Waals surface area (Å²) in [7, 11) is 0. The molecule has 1 fully saturated rings. The Balaban J connectivity index is 2.17. The summed E-state index contributed by atoms with van der Waals surface area (Å²) >= 11 is 3.04. The van der Waals surface area contributed by atoms with Crippen LogP contribution in [-0.2, 0) is 15.9 Å². The predicted octanol–water partition coefficient (Wildman–Crippen LogP) is 3.23. The Morgan fingerprint density at radius 2 is 2.16 bits per heavy atom. The molecule has 1 aromatic carbocycles. The molecule has 1 saturated heterocycles. The van der Waals surface area contributed by atoms with Crippen LogP contribution in [-0.4, -0.2) is 48.4 Å². The largest absolute Gasteiger partial charge is 0.444 e. The summed E-state index contributed by atoms with van der Waals surface area (Å²) in [6, 6.07) is 1.25. The summed E-state index contributed by atoms with van der Waals surface area (Å²) in [6.07, 6.45) is -0.573. The number of benzene rings is 1. The molecular formula is C17H23BrF2N2O3. The van der Waals surface area contributed by atoms with E-state index in [1.807, 2.05) is 0 Å². The van der Waals surface area contributed by atoms with E-state index in [4.69, 9.17) is 15.2 Å². The standard InChI is InChI=1S/C17H23BrF2N2O3/c1-17(2,3)25-16(23)22-6-7-24-9-14(22)13(21)8-10-12(19)5-4-11(18)15(10)20/h4-5,13-14H,6-9,21H2,1-3H3. The van der Waals surface area contributed by atoms with Gasteiger partial charge < -0.3 is 15.2 Å². The van der Waals surface area contributed by atoms with Crippen LogP contribution in [0, 0.1) is 11.6 Å². The van der Waals surface area contributed by atoms with Gasteiger partial charge >= 0.3 is 6.09 Å². The quantitative estimate of drug-likeness (QED) is 0.762. The third-order valence-corrected chi connectivity index (χ3v) is 4.48. The van der Waals surface area contributed by atoms with Gasteiger partial charge in [-0.15, -0.1) is 0 Å². The highest BCUT2D eigenvalue weighted by atomic mass is 79.9. The van der Waals surface area contributed by atoms with Crippen molar-refractivity contribution >= 4 is 22.0 Å². The average Bonchev–Trinajstić information content (AvgIpc) is 2.53. The van der Waals surface area contributed by atoms with Crippen molar-refractivity contribution in [1.82, 2.24) is 4.90 Å². The fourth-order valence-corrected chi connectivity index (χ4v) is 3.02. The molecule has 2 N–H and O–H groups in total. The Morgan fingerprint density at radius 1 is 1.48 bits per heavy atom. The fraction of sp³-hybridized carbons (Fsp3) is 0.588. The highest BCUT2D eigenvalue weighted by Gasteiger charge is 2.35. The Labute approximate surface area is 154 Å². The van der Waals surface area contributed by atoms with Gasteiger partial charge in [-0.05, 0) is 55.3 Å². The first kappa shape index (κ1) is 20.1. The number of morpholine rings is 1. The molecule has 2 atom stereocenters. The lowest BCUT2D eigenvalue weighted by Crippen LogP contribution is -2.58. The average molecular weight is 421 g/mol. The zero-order valence-electron chi connectivity index (χ0n) is 14.5. The maximum atomic E-state index is 14.2. The van der Waals surface area contributed by atoms with Crippen molar-refractivity contribution in [2.45, 2.75) is 44.9 Å². The van der Waals surface area contributed by atoms with Crippen LogP contribution in [0.25, 0.3) is 0 Å². The van der Waals surface area contributed by atoms with Crippen molar-refractivity contribution in [3.63, 3.8) is 0 Å². The van der Waals surface area contributed by atoms with Crippen molar-refractivity contribution < 1.29 is 23.0 Å². The highest BCUT2D eigenvalue weighted by Crippen LogP contribution is 2.24. The number of carbonyl (C=O) groups is 1. The van der Waals surface area contributed by atoms with Gasteiger partial charge in [-0.1, -0.05) is 0 Å². The smallest absolute Gasteiger partial charge is 0.410 e. The molecule has 8 heteroatoms. The second kappa shape index (κ2) is 7.97. The maximum Gasteiger partial charge on any atom is 0.410 e. The van der Waals surface area contributed by atoms with E-state index in [9.17, 15) is 13.6 Å². The molecule has 0 radical (unpaired) electrons. The second-order valence-electron chi connectivity index (χ2n) is 7.01. The first-order valence-corrected chi connectivity index (χ1v) is 8.85. The predicted molar refractivity (Wildman–Crippen MR) is 93.3 cm³/mol. The molecule has 25 heavy (non-hydrogen) atoms. The molecule has 5 nitrogen and oxygen atoms in total. The molecular weight excluding hydrogens is 398 g/mol. The van der Waals surface area contributed by atoms with Crippen molar-refractivity contribution in [2.75, 3.05) is 19.8 Å². The van der Waals surface area contributed by atoms with E-state index in [-0.39, 0.29) is 23.1 Å². The molecule has 1 aliphatic heterocycles. The van der Waals surface area contributed by atoms with E-state index in [0.717, 1.165) is 0 Å². The summed E-state index contributed by atoms with van der Waals surface area (Å²) in [5.74, 6) is -1.35. The van der Waals surface area contributed by atoms with Gasteiger partial charge in [0.1, 0.15) is 17.2 Å². The molecule has 1 amide bonds. The van der Waals surface area contributed by atoms with Gasteiger partial charge in [0.15, 0.2) is 0 Å². The number of hydrogen-bond donors (Lipinski definition) is 1. The maximum absolute atomic E-state index is 14.2. The number of rotatable bonds is 3. The summed E-state index contributed by atoms with van der Waals surface area (Å²) in [5.41, 5.74) is 5.42. The number of hydrogen-bond acceptors (Lipinski definition) is 4. The van der Waals surface area contributed by atoms with Crippen LogP contribution in [0.3, 0.4) is 0 Å². The molecule has 0 aliphatic carbocycles. The number of halogens is 3. The zero-order valence-corrected chi connectivity index (χ0v) is 16.1. The molecule has 1 heterocycles. The molecule has 2 rings (SSSR count). The van der Waals surface area contributed by atoms with Crippen LogP contribution < -0.4 is 5.73 Å². The van der Waals surface area contributed by atoms with Gasteiger partial charge in [-0.2, -0.15) is 0 Å². The topological polar surface area (TPSA) is 64.8 Å². The van der Waals surface area contributed by atoms with Crippen molar-refractivity contribution in [3.8, 4) is 0 Å². The van der Waals surface area contributed by atoms with Gasteiger partial charge in [0.25, 0.3) is 0 Å². The van der Waals surface area contributed by atoms with Gasteiger partial charge in [-0.3, -0.25) is 4.90 Å². The summed E-state index contributed by atoms with van der Waals surface area (Å²) in [6.45, 7) is 6.18. The SMILES string of the molecule is CC(C)(C)OC(=O)N1CCOCC1C(N)Cc1c(F)ccc(Br)c1F. The van der Waals surface area contributed by atoms with E-state index >= 15 is 0 Å². The summed E-state index contributed by atoms with van der Waals surface area (Å²) in [4.78, 5) is 13.9. The summed E-state index contributed by atoms with van der Waals surface area (Å²) < 4.78 is 39.1. The number of nitrogens with two attached hydrogens (primary N) is 1. The van der Waals surface area contributed by atoms with Crippen molar-refractivity contribution in [3.05, 3.63) is 33.8 Å². The third-order valence-electron chi connectivity index (χ3n) is 3.87. The van der Waals surface area contributed by atoms with Crippen molar-refractivity contribution in [1.29, 1.82) is 0 Å². The minimum atomic E-state index is -0.703. The first-order chi connectivity index (χ1) is 11.6. The normalized spacial score (nSPS) is 19.6. The molecule has 0 spiro atoms. The minimum Gasteiger partial charge on any atom is -0.444 e. The van der Waals surface area contributed by atoms with Crippen LogP contribution in [0.5, 0.6) is 0 Å². The molecule has 140 valence electrons. The first-order valence-electron chi connectivity index (χ1n) is 8.05. The van der Waals surface area contributed by atoms with E-state index < -0.39 is 35.4 Å². The van der Waals surface area contributed by atoms with Gasteiger partial charge in [0.2, 0.25) is 0 Å². The van der Waals surface area contributed by atoms with Crippen LogP contribution in [0.2, 0.25) is 0 Å². The Hall–Kier alpha value is -1.25. The highest BCUT2D eigenvalue weighted by molar-refractivity contribution is 9.10. The summed E-state index contributed by atoms with van der Waals surface area (Å²) in [5, 5.41) is 0. The third kappa shape index (κ3) is 5.12. The van der Waals surface area contributed by atoms with Crippen LogP contribution >= 0.6 is 15.9 Å². The Bertz CT molecular complexity index is 637. The zero-order chi connectivity index (χ0) is 18.8. The van der Waals surface area contributed by atoms with E-state index in [0.29, 0.717) is 13.2 Å². The van der Waals surface area contributed by atoms with Crippen LogP contribution in [0.4, 0.5) is 13.6 Å². The number of amides is 1. The van der Waals surface area contributed by atoms with E-state index in [1.54, 1.807) is 20.8 Å². The number of ether oxygens (including phenoxy) is 2. The molecule has 0 bridgehead atoms. The lowest BCUT2D eigenvalue weighted by Gasteiger charge is -2.39. The molecule has 1 aromatic rings. The van der Waals surface area contributed by atoms with Crippen molar-refractivity contribution in [2.24, 2.45) is 5.73 Å². The van der Waals surface area contributed by atoms with Crippen LogP contribution in [0.1, 0.15) is 26.3 Å². The van der Waals surface area contributed by atoms with E-state index in [2.05, 4.69) is 15.9 Å². The minimum absolute atomic E-state index is 0.0650. The lowest BCUT2D eigenvalue weighted by molar-refractivity contribution is -0.0379. The second-order valence-corrected chi connectivity index (χ2v) is 7.86. The van der Waals surface area contributed by atoms with E-state index in [1.165, 1.54) is 17.0 Å². The Kier molecular flexibility index (Phi) is 6.40. The fourth-order valence-electron chi connectivity index (χ4n) is 2.65. The van der Waals surface area contributed by atoms with Gasteiger partial charge in [0, 0.05) is 18.2 Å². The van der Waals surface area contributed by atoms with Gasteiger partial charge in [-0.25, -0.2) is 13.6 Å². The molecule has 0 saturated carbocycles. The van der Waals surface area contributed by atoms with Crippen LogP contribution in [0.15, 0.2) is 16.6 Å². The number of nitrogens with zero attached hydrogens (tertiary/aromatic N) is 1. The van der Waals surface area contributed by atoms with Gasteiger partial charge in [0.05, 0.1) is 23.7 Å². The Morgan fingerprint density at radius 3 is 2.80 bits per heavy atom. The molecule has 0 aromatic heterocycles. The molecule has 2 unspecified atom stereocenters. The molecule has 1 aliphatic rings. The monoisotopic (exact) mass is 420 g/mol.